The van der Waals surface area contributed by atoms with Gasteiger partial charge in [0.1, 0.15) is 13.2 Å². The zero-order valence-corrected chi connectivity index (χ0v) is 19.4. The maximum absolute atomic E-state index is 13.2. The first-order valence-corrected chi connectivity index (χ1v) is 11.5. The second-order valence-corrected chi connectivity index (χ2v) is 10.3. The summed E-state index contributed by atoms with van der Waals surface area (Å²) >= 11 is 0. The van der Waals surface area contributed by atoms with Crippen LogP contribution in [0.1, 0.15) is 73.1 Å². The molecule has 3 aliphatic rings. The fourth-order valence-corrected chi connectivity index (χ4v) is 6.15. The Kier molecular flexibility index (Phi) is 6.64. The zero-order valence-electron chi connectivity index (χ0n) is 19.4. The molecule has 166 valence electrons. The Labute approximate surface area is 181 Å². The molecule has 0 amide bonds. The van der Waals surface area contributed by atoms with Crippen LogP contribution in [0.15, 0.2) is 35.5 Å². The third kappa shape index (κ3) is 4.15. The maximum Gasteiger partial charge on any atom is 0.333 e. The van der Waals surface area contributed by atoms with Gasteiger partial charge < -0.3 is 9.47 Å². The minimum Gasteiger partial charge on any atom is -0.462 e. The Morgan fingerprint density at radius 3 is 2.57 bits per heavy atom. The van der Waals surface area contributed by atoms with Gasteiger partial charge >= 0.3 is 11.9 Å². The number of rotatable bonds is 6. The number of ether oxygens (including phenoxy) is 2. The summed E-state index contributed by atoms with van der Waals surface area (Å²) in [6, 6.07) is 0. The molecular weight excluding hydrogens is 376 g/mol. The Morgan fingerprint density at radius 1 is 1.20 bits per heavy atom. The molecule has 1 fully saturated rings. The molecule has 0 aromatic carbocycles. The van der Waals surface area contributed by atoms with Crippen LogP contribution < -0.4 is 0 Å². The van der Waals surface area contributed by atoms with Gasteiger partial charge in [0, 0.05) is 5.57 Å². The minimum absolute atomic E-state index is 0.0743. The molecule has 0 radical (unpaired) electrons. The summed E-state index contributed by atoms with van der Waals surface area (Å²) in [7, 11) is 0. The van der Waals surface area contributed by atoms with Crippen molar-refractivity contribution in [1.29, 1.82) is 0 Å². The Bertz CT molecular complexity index is 774. The molecule has 4 atom stereocenters. The van der Waals surface area contributed by atoms with Crippen LogP contribution in [0.4, 0.5) is 0 Å². The van der Waals surface area contributed by atoms with Crippen LogP contribution in [-0.2, 0) is 19.1 Å². The summed E-state index contributed by atoms with van der Waals surface area (Å²) in [5.74, 6) is 0.826. The predicted octanol–water partition coefficient (Wildman–Crippen LogP) is 5.78. The van der Waals surface area contributed by atoms with E-state index < -0.39 is 11.4 Å². The molecule has 0 saturated heterocycles. The van der Waals surface area contributed by atoms with E-state index in [0.29, 0.717) is 17.4 Å². The molecule has 0 aromatic heterocycles. The fraction of sp³-hybridized carbons (Fsp3) is 0.692. The lowest BCUT2D eigenvalue weighted by Crippen LogP contribution is -2.53. The van der Waals surface area contributed by atoms with Gasteiger partial charge in [-0.25, -0.2) is 4.79 Å². The van der Waals surface area contributed by atoms with E-state index in [0.717, 1.165) is 25.7 Å². The summed E-state index contributed by atoms with van der Waals surface area (Å²) in [5.41, 5.74) is 3.04. The van der Waals surface area contributed by atoms with Crippen LogP contribution in [0, 0.1) is 28.6 Å². The van der Waals surface area contributed by atoms with Gasteiger partial charge in [0.05, 0.1) is 5.41 Å². The van der Waals surface area contributed by atoms with Gasteiger partial charge in [-0.3, -0.25) is 4.79 Å². The van der Waals surface area contributed by atoms with Crippen molar-refractivity contribution < 1.29 is 19.1 Å². The molecule has 4 nitrogen and oxygen atoms in total. The number of esters is 2. The van der Waals surface area contributed by atoms with Crippen LogP contribution >= 0.6 is 0 Å². The van der Waals surface area contributed by atoms with Crippen LogP contribution in [0.5, 0.6) is 0 Å². The number of hydrogen-bond donors (Lipinski definition) is 0. The number of hydrogen-bond acceptors (Lipinski definition) is 4. The number of carbonyl (C=O) groups excluding carboxylic acids is 2. The Hall–Kier alpha value is -1.84. The molecule has 3 rings (SSSR count). The molecule has 0 bridgehead atoms. The number of allylic oxidation sites excluding steroid dienone is 4. The first-order chi connectivity index (χ1) is 14.1. The molecule has 1 saturated carbocycles. The first-order valence-electron chi connectivity index (χ1n) is 11.5. The van der Waals surface area contributed by atoms with Crippen LogP contribution in [-0.4, -0.2) is 25.2 Å². The average Bonchev–Trinajstić information content (AvgIpc) is 2.70. The maximum atomic E-state index is 13.2. The van der Waals surface area contributed by atoms with Crippen molar-refractivity contribution in [2.45, 2.75) is 73.1 Å². The van der Waals surface area contributed by atoms with Crippen molar-refractivity contribution in [2.75, 3.05) is 13.2 Å². The Balaban J connectivity index is 1.72. The highest BCUT2D eigenvalue weighted by molar-refractivity contribution is 5.86. The molecule has 0 unspecified atom stereocenters. The first kappa shape index (κ1) is 22.8. The van der Waals surface area contributed by atoms with E-state index in [4.69, 9.17) is 9.47 Å². The highest BCUT2D eigenvalue weighted by atomic mass is 16.6. The number of carbonyl (C=O) groups is 2. The molecule has 3 aliphatic carbocycles. The minimum atomic E-state index is -0.491. The summed E-state index contributed by atoms with van der Waals surface area (Å²) < 4.78 is 10.7. The lowest BCUT2D eigenvalue weighted by molar-refractivity contribution is -0.171. The zero-order chi connectivity index (χ0) is 22.1. The quantitative estimate of drug-likeness (QED) is 0.314. The summed E-state index contributed by atoms with van der Waals surface area (Å²) in [6.07, 6.45) is 11.2. The van der Waals surface area contributed by atoms with E-state index in [1.807, 2.05) is 0 Å². The molecule has 0 aromatic rings. The van der Waals surface area contributed by atoms with Gasteiger partial charge in [-0.2, -0.15) is 0 Å². The number of fused-ring (bicyclic) bond motifs is 3. The molecule has 0 heterocycles. The topological polar surface area (TPSA) is 52.6 Å². The molecular formula is C26H38O4. The van der Waals surface area contributed by atoms with Gasteiger partial charge in [0.15, 0.2) is 0 Å². The van der Waals surface area contributed by atoms with E-state index in [1.54, 1.807) is 12.5 Å². The molecule has 4 heteroatoms. The van der Waals surface area contributed by atoms with Crippen molar-refractivity contribution in [3.8, 4) is 0 Å². The highest BCUT2D eigenvalue weighted by Gasteiger charge is 2.57. The van der Waals surface area contributed by atoms with Crippen molar-refractivity contribution >= 4 is 11.9 Å². The molecule has 0 spiro atoms. The van der Waals surface area contributed by atoms with Crippen molar-refractivity contribution in [2.24, 2.45) is 28.6 Å². The van der Waals surface area contributed by atoms with Crippen molar-refractivity contribution in [3.63, 3.8) is 0 Å². The second-order valence-electron chi connectivity index (χ2n) is 10.3. The standard InChI is InChI=1S/C26H38O4/c1-17(2)19-8-10-21-20(16-19)9-11-22-25(21,5)12-7-13-26(22,6)24(28)30-15-14-29-23(27)18(3)4/h9,16-17,21-22H,3,7-8,10-15H2,1-2,4-6H3/t21-,22+,25+,26+/m0/s1. The van der Waals surface area contributed by atoms with Gasteiger partial charge in [0.25, 0.3) is 0 Å². The monoisotopic (exact) mass is 414 g/mol. The average molecular weight is 415 g/mol. The third-order valence-corrected chi connectivity index (χ3v) is 7.94. The molecule has 0 aliphatic heterocycles. The smallest absolute Gasteiger partial charge is 0.333 e. The van der Waals surface area contributed by atoms with E-state index in [1.165, 1.54) is 18.4 Å². The van der Waals surface area contributed by atoms with Gasteiger partial charge in [-0.1, -0.05) is 51.5 Å². The largest absolute Gasteiger partial charge is 0.462 e. The van der Waals surface area contributed by atoms with Gasteiger partial charge in [-0.15, -0.1) is 0 Å². The van der Waals surface area contributed by atoms with Gasteiger partial charge in [0.2, 0.25) is 0 Å². The predicted molar refractivity (Wildman–Crippen MR) is 119 cm³/mol. The molecule has 0 N–H and O–H groups in total. The van der Waals surface area contributed by atoms with Gasteiger partial charge in [-0.05, 0) is 74.7 Å². The second kappa shape index (κ2) is 8.72. The van der Waals surface area contributed by atoms with E-state index in [-0.39, 0.29) is 30.5 Å². The molecule has 30 heavy (non-hydrogen) atoms. The van der Waals surface area contributed by atoms with E-state index >= 15 is 0 Å². The summed E-state index contributed by atoms with van der Waals surface area (Å²) in [4.78, 5) is 24.7. The van der Waals surface area contributed by atoms with Crippen LogP contribution in [0.25, 0.3) is 0 Å². The van der Waals surface area contributed by atoms with Crippen molar-refractivity contribution in [1.82, 2.24) is 0 Å². The summed E-state index contributed by atoms with van der Waals surface area (Å²) in [5, 5.41) is 0. The van der Waals surface area contributed by atoms with Crippen molar-refractivity contribution in [3.05, 3.63) is 35.5 Å². The van der Waals surface area contributed by atoms with Crippen LogP contribution in [0.2, 0.25) is 0 Å². The van der Waals surface area contributed by atoms with E-state index in [9.17, 15) is 9.59 Å². The summed E-state index contributed by atoms with van der Waals surface area (Å²) in [6.45, 7) is 14.4. The normalized spacial score (nSPS) is 33.0. The highest BCUT2D eigenvalue weighted by Crippen LogP contribution is 2.62. The SMILES string of the molecule is C=C(C)C(=O)OCCOC(=O)[C@]1(C)CCC[C@@]2(C)[C@H]1CC=C1C=C(C(C)C)CC[C@@H]12. The van der Waals surface area contributed by atoms with E-state index in [2.05, 4.69) is 46.4 Å². The Morgan fingerprint density at radius 2 is 1.90 bits per heavy atom. The fourth-order valence-electron chi connectivity index (χ4n) is 6.15. The lowest BCUT2D eigenvalue weighted by atomic mass is 9.47. The lowest BCUT2D eigenvalue weighted by Gasteiger charge is -2.57. The third-order valence-electron chi connectivity index (χ3n) is 7.94. The van der Waals surface area contributed by atoms with Crippen LogP contribution in [0.3, 0.4) is 0 Å².